The molecule has 0 spiro atoms. The molecule has 0 saturated carbocycles. The van der Waals surface area contributed by atoms with E-state index >= 15 is 0 Å². The molecule has 0 aromatic heterocycles. The van der Waals surface area contributed by atoms with Gasteiger partial charge in [0.15, 0.2) is 20.2 Å². The van der Waals surface area contributed by atoms with Crippen molar-refractivity contribution in [3.8, 4) is 0 Å². The minimum absolute atomic E-state index is 0. The molecule has 15 heteroatoms. The maximum absolute atomic E-state index is 10.7. The average molecular weight is 437 g/mol. The topological polar surface area (TPSA) is 114 Å². The molecular formula is C2F6LaO6S2+. The standard InChI is InChI=1S/2CHF3O3S.La/c2*2-1(3,4)8(5,6)7;/h2*(H,5,6,7);/q;;+3/p-2. The summed E-state index contributed by atoms with van der Waals surface area (Å²) in [5, 5.41) is 0. The first-order chi connectivity index (χ1) is 6.50. The third kappa shape index (κ3) is 10.2. The van der Waals surface area contributed by atoms with Crippen molar-refractivity contribution in [1.82, 2.24) is 0 Å². The largest absolute Gasteiger partial charge is 3.00 e. The third-order valence-electron chi connectivity index (χ3n) is 0.567. The molecule has 0 heterocycles. The van der Waals surface area contributed by atoms with Crippen molar-refractivity contribution < 1.29 is 87.9 Å². The normalized spacial score (nSPS) is 13.2. The minimum atomic E-state index is -6.09. The Morgan fingerprint density at radius 3 is 0.706 bits per heavy atom. The van der Waals surface area contributed by atoms with Crippen LogP contribution in [-0.2, 0) is 20.2 Å². The van der Waals surface area contributed by atoms with Crippen LogP contribution in [0.5, 0.6) is 0 Å². The molecule has 0 aliphatic rings. The molecule has 0 aliphatic heterocycles. The van der Waals surface area contributed by atoms with Crippen LogP contribution in [0, 0.1) is 35.6 Å². The first kappa shape index (κ1) is 22.7. The van der Waals surface area contributed by atoms with Gasteiger partial charge in [-0.15, -0.1) is 0 Å². The van der Waals surface area contributed by atoms with Gasteiger partial charge >= 0.3 is 46.6 Å². The fourth-order valence-electron chi connectivity index (χ4n) is 0. The fourth-order valence-corrected chi connectivity index (χ4v) is 0. The van der Waals surface area contributed by atoms with Gasteiger partial charge in [-0.05, 0) is 0 Å². The number of halogens is 6. The van der Waals surface area contributed by atoms with Crippen LogP contribution in [0.1, 0.15) is 0 Å². The molecule has 0 unspecified atom stereocenters. The van der Waals surface area contributed by atoms with Crippen LogP contribution in [0.25, 0.3) is 0 Å². The van der Waals surface area contributed by atoms with Crippen molar-refractivity contribution >= 4 is 20.2 Å². The molecule has 0 amide bonds. The number of alkyl halides is 6. The van der Waals surface area contributed by atoms with Gasteiger partial charge in [0.25, 0.3) is 0 Å². The number of rotatable bonds is 0. The van der Waals surface area contributed by atoms with Crippen molar-refractivity contribution in [3.63, 3.8) is 0 Å². The first-order valence-electron chi connectivity index (χ1n) is 2.54. The van der Waals surface area contributed by atoms with E-state index in [4.69, 9.17) is 25.9 Å². The monoisotopic (exact) mass is 437 g/mol. The zero-order chi connectivity index (χ0) is 14.0. The van der Waals surface area contributed by atoms with Gasteiger partial charge in [0.1, 0.15) is 0 Å². The van der Waals surface area contributed by atoms with E-state index in [1.54, 1.807) is 0 Å². The van der Waals surface area contributed by atoms with Crippen molar-refractivity contribution in [2.45, 2.75) is 11.0 Å². The summed E-state index contributed by atoms with van der Waals surface area (Å²) in [5.74, 6) is 0. The summed E-state index contributed by atoms with van der Waals surface area (Å²) >= 11 is 0. The van der Waals surface area contributed by atoms with Crippen LogP contribution in [0.15, 0.2) is 0 Å². The van der Waals surface area contributed by atoms with Gasteiger partial charge in [0, 0.05) is 0 Å². The average Bonchev–Trinajstić information content (AvgIpc) is 1.77. The molecule has 0 aromatic rings. The maximum atomic E-state index is 10.7. The van der Waals surface area contributed by atoms with E-state index in [-0.39, 0.29) is 35.6 Å². The van der Waals surface area contributed by atoms with Gasteiger partial charge < -0.3 is 9.11 Å². The summed E-state index contributed by atoms with van der Waals surface area (Å²) in [6, 6.07) is 0. The summed E-state index contributed by atoms with van der Waals surface area (Å²) in [4.78, 5) is 0. The molecule has 0 bridgehead atoms. The van der Waals surface area contributed by atoms with Crippen LogP contribution in [-0.4, -0.2) is 37.0 Å². The summed E-state index contributed by atoms with van der Waals surface area (Å²) in [7, 11) is -12.2. The molecule has 0 aliphatic carbocycles. The van der Waals surface area contributed by atoms with Crippen molar-refractivity contribution in [1.29, 1.82) is 0 Å². The predicted octanol–water partition coefficient (Wildman–Crippen LogP) is 0.103. The van der Waals surface area contributed by atoms with Crippen LogP contribution >= 0.6 is 0 Å². The zero-order valence-corrected chi connectivity index (χ0v) is 12.4. The summed E-state index contributed by atoms with van der Waals surface area (Å²) in [5.41, 5.74) is -11.3. The Bertz CT molecular complexity index is 374. The zero-order valence-electron chi connectivity index (χ0n) is 7.11. The SMILES string of the molecule is O=S(=O)([O-])C(F)(F)F.O=S(=O)([O-])C(F)(F)F.[La+3]. The van der Waals surface area contributed by atoms with E-state index in [0.717, 1.165) is 0 Å². The second-order valence-corrected chi connectivity index (χ2v) is 4.54. The number of hydrogen-bond donors (Lipinski definition) is 0. The second kappa shape index (κ2) is 6.67. The summed E-state index contributed by atoms with van der Waals surface area (Å²) in [6.45, 7) is 0. The Kier molecular flexibility index (Phi) is 8.93. The minimum Gasteiger partial charge on any atom is -0.741 e. The molecule has 0 aromatic carbocycles. The molecule has 0 atom stereocenters. The van der Waals surface area contributed by atoms with E-state index in [1.165, 1.54) is 0 Å². The molecule has 6 nitrogen and oxygen atoms in total. The quantitative estimate of drug-likeness (QED) is 0.302. The first-order valence-corrected chi connectivity index (χ1v) is 5.36. The molecule has 0 saturated heterocycles. The van der Waals surface area contributed by atoms with Gasteiger partial charge in [0.05, 0.1) is 0 Å². The summed E-state index contributed by atoms with van der Waals surface area (Å²) < 4.78 is 118. The Balaban J connectivity index is -0.000000218. The Hall–Kier alpha value is 0.595. The van der Waals surface area contributed by atoms with E-state index < -0.39 is 31.3 Å². The van der Waals surface area contributed by atoms with Crippen molar-refractivity contribution in [2.75, 3.05) is 0 Å². The molecule has 17 heavy (non-hydrogen) atoms. The van der Waals surface area contributed by atoms with Crippen LogP contribution in [0.3, 0.4) is 0 Å². The molecule has 0 fully saturated rings. The summed E-state index contributed by atoms with van der Waals surface area (Å²) in [6.07, 6.45) is 0. The molecule has 0 N–H and O–H groups in total. The Labute approximate surface area is 118 Å². The molecule has 100 valence electrons. The van der Waals surface area contributed by atoms with Crippen LogP contribution in [0.4, 0.5) is 26.3 Å². The Morgan fingerprint density at radius 1 is 0.647 bits per heavy atom. The second-order valence-electron chi connectivity index (χ2n) is 1.80. The van der Waals surface area contributed by atoms with Gasteiger partial charge in [-0.3, -0.25) is 0 Å². The molecular weight excluding hydrogens is 437 g/mol. The smallest absolute Gasteiger partial charge is 0.741 e. The van der Waals surface area contributed by atoms with E-state index in [0.29, 0.717) is 0 Å². The maximum Gasteiger partial charge on any atom is 3.00 e. The van der Waals surface area contributed by atoms with Crippen molar-refractivity contribution in [2.24, 2.45) is 0 Å². The predicted molar refractivity (Wildman–Crippen MR) is 31.5 cm³/mol. The van der Waals surface area contributed by atoms with Gasteiger partial charge in [-0.1, -0.05) is 0 Å². The van der Waals surface area contributed by atoms with Gasteiger partial charge in [-0.25, -0.2) is 16.8 Å². The van der Waals surface area contributed by atoms with E-state index in [9.17, 15) is 26.3 Å². The van der Waals surface area contributed by atoms with Crippen LogP contribution in [0.2, 0.25) is 0 Å². The van der Waals surface area contributed by atoms with Gasteiger partial charge in [0.2, 0.25) is 0 Å². The van der Waals surface area contributed by atoms with Gasteiger partial charge in [-0.2, -0.15) is 26.3 Å². The third-order valence-corrected chi connectivity index (χ3v) is 1.70. The Morgan fingerprint density at radius 2 is 0.706 bits per heavy atom. The number of hydrogen-bond acceptors (Lipinski definition) is 6. The van der Waals surface area contributed by atoms with Crippen LogP contribution < -0.4 is 0 Å². The van der Waals surface area contributed by atoms with E-state index in [2.05, 4.69) is 0 Å². The molecule has 0 radical (unpaired) electrons. The molecule has 0 rings (SSSR count). The van der Waals surface area contributed by atoms with E-state index in [1.807, 2.05) is 0 Å². The van der Waals surface area contributed by atoms with Crippen molar-refractivity contribution in [3.05, 3.63) is 0 Å². The fraction of sp³-hybridized carbons (Fsp3) is 1.00.